The minimum absolute atomic E-state index is 0.0313. The minimum Gasteiger partial charge on any atom is -0.373 e. The predicted molar refractivity (Wildman–Crippen MR) is 81.2 cm³/mol. The topological polar surface area (TPSA) is 41.1 Å². The van der Waals surface area contributed by atoms with Gasteiger partial charge in [-0.1, -0.05) is 39.0 Å². The third kappa shape index (κ3) is 5.33. The van der Waals surface area contributed by atoms with Crippen molar-refractivity contribution in [2.75, 3.05) is 5.32 Å². The van der Waals surface area contributed by atoms with Crippen molar-refractivity contribution < 1.29 is 4.79 Å². The Morgan fingerprint density at radius 3 is 1.95 bits per heavy atom. The Kier molecular flexibility index (Phi) is 4.61. The summed E-state index contributed by atoms with van der Waals surface area (Å²) in [6.45, 7) is 12.2. The number of hydrogen-bond donors (Lipinski definition) is 2. The molecule has 0 aliphatic rings. The summed E-state index contributed by atoms with van der Waals surface area (Å²) in [7, 11) is 0. The average Bonchev–Trinajstić information content (AvgIpc) is 2.23. The van der Waals surface area contributed by atoms with Gasteiger partial charge in [-0.15, -0.1) is 0 Å². The molecule has 0 bridgehead atoms. The summed E-state index contributed by atoms with van der Waals surface area (Å²) >= 11 is 0. The molecule has 0 aromatic heterocycles. The highest BCUT2D eigenvalue weighted by Crippen LogP contribution is 2.24. The molecule has 1 aromatic carbocycles. The molecule has 0 radical (unpaired) electrons. The second-order valence-corrected chi connectivity index (χ2v) is 7.05. The standard InChI is InChI=1S/C16H26N2O/c1-15(2,3)13(14(19)18-16(4,5)6)17-12-10-8-7-9-11-12/h7-11,13,17H,1-6H3,(H,18,19)/t13-/m0/s1. The van der Waals surface area contributed by atoms with E-state index in [2.05, 4.69) is 31.4 Å². The van der Waals surface area contributed by atoms with Crippen LogP contribution in [0.1, 0.15) is 41.5 Å². The first-order valence-corrected chi connectivity index (χ1v) is 6.73. The lowest BCUT2D eigenvalue weighted by Gasteiger charge is -2.33. The summed E-state index contributed by atoms with van der Waals surface area (Å²) in [5.74, 6) is 0.0313. The molecule has 0 spiro atoms. The zero-order chi connectivity index (χ0) is 14.7. The van der Waals surface area contributed by atoms with Crippen molar-refractivity contribution in [1.29, 1.82) is 0 Å². The molecule has 0 heterocycles. The van der Waals surface area contributed by atoms with Gasteiger partial charge in [-0.25, -0.2) is 0 Å². The van der Waals surface area contributed by atoms with E-state index in [0.717, 1.165) is 5.69 Å². The Morgan fingerprint density at radius 1 is 1.00 bits per heavy atom. The molecule has 0 aliphatic heterocycles. The van der Waals surface area contributed by atoms with Crippen molar-refractivity contribution in [2.24, 2.45) is 5.41 Å². The third-order valence-corrected chi connectivity index (χ3v) is 2.71. The molecule has 2 N–H and O–H groups in total. The van der Waals surface area contributed by atoms with Gasteiger partial charge in [-0.05, 0) is 38.3 Å². The molecule has 1 rings (SSSR count). The molecular formula is C16H26N2O. The summed E-state index contributed by atoms with van der Waals surface area (Å²) in [5.41, 5.74) is 0.580. The SMILES string of the molecule is CC(C)(C)NC(=O)[C@H](Nc1ccccc1)C(C)(C)C. The lowest BCUT2D eigenvalue weighted by molar-refractivity contribution is -0.125. The van der Waals surface area contributed by atoms with E-state index in [9.17, 15) is 4.79 Å². The number of hydrogen-bond acceptors (Lipinski definition) is 2. The molecule has 3 heteroatoms. The van der Waals surface area contributed by atoms with Crippen molar-refractivity contribution in [2.45, 2.75) is 53.1 Å². The van der Waals surface area contributed by atoms with Gasteiger partial charge in [-0.2, -0.15) is 0 Å². The summed E-state index contributed by atoms with van der Waals surface area (Å²) in [6, 6.07) is 9.57. The highest BCUT2D eigenvalue weighted by molar-refractivity contribution is 5.86. The number of carbonyl (C=O) groups is 1. The number of rotatable bonds is 3. The Morgan fingerprint density at radius 2 is 1.53 bits per heavy atom. The fraction of sp³-hybridized carbons (Fsp3) is 0.562. The Labute approximate surface area is 116 Å². The maximum Gasteiger partial charge on any atom is 0.243 e. The van der Waals surface area contributed by atoms with Crippen molar-refractivity contribution >= 4 is 11.6 Å². The third-order valence-electron chi connectivity index (χ3n) is 2.71. The van der Waals surface area contributed by atoms with Gasteiger partial charge in [0.25, 0.3) is 0 Å². The van der Waals surface area contributed by atoms with Gasteiger partial charge in [0.15, 0.2) is 0 Å². The van der Waals surface area contributed by atoms with Crippen LogP contribution in [0.4, 0.5) is 5.69 Å². The largest absolute Gasteiger partial charge is 0.373 e. The fourth-order valence-electron chi connectivity index (χ4n) is 1.82. The summed E-state index contributed by atoms with van der Waals surface area (Å²) in [6.07, 6.45) is 0. The van der Waals surface area contributed by atoms with E-state index in [4.69, 9.17) is 0 Å². The molecule has 0 unspecified atom stereocenters. The molecule has 106 valence electrons. The Hall–Kier alpha value is -1.51. The van der Waals surface area contributed by atoms with Gasteiger partial charge < -0.3 is 10.6 Å². The van der Waals surface area contributed by atoms with Gasteiger partial charge in [-0.3, -0.25) is 4.79 Å². The van der Waals surface area contributed by atoms with E-state index >= 15 is 0 Å². The lowest BCUT2D eigenvalue weighted by atomic mass is 9.85. The van der Waals surface area contributed by atoms with Crippen LogP contribution >= 0.6 is 0 Å². The molecular weight excluding hydrogens is 236 g/mol. The second kappa shape index (κ2) is 5.64. The van der Waals surface area contributed by atoms with E-state index < -0.39 is 0 Å². The van der Waals surface area contributed by atoms with E-state index in [1.54, 1.807) is 0 Å². The van der Waals surface area contributed by atoms with E-state index in [1.165, 1.54) is 0 Å². The molecule has 1 atom stereocenters. The number of anilines is 1. The number of benzene rings is 1. The Bertz CT molecular complexity index is 413. The van der Waals surface area contributed by atoms with Crippen molar-refractivity contribution in [3.63, 3.8) is 0 Å². The lowest BCUT2D eigenvalue weighted by Crippen LogP contribution is -2.52. The predicted octanol–water partition coefficient (Wildman–Crippen LogP) is 3.43. The van der Waals surface area contributed by atoms with Crippen LogP contribution in [0.15, 0.2) is 30.3 Å². The van der Waals surface area contributed by atoms with Crippen LogP contribution in [0, 0.1) is 5.41 Å². The number of nitrogens with one attached hydrogen (secondary N) is 2. The number of para-hydroxylation sites is 1. The normalized spacial score (nSPS) is 13.8. The first-order chi connectivity index (χ1) is 8.59. The molecule has 3 nitrogen and oxygen atoms in total. The molecule has 1 amide bonds. The van der Waals surface area contributed by atoms with Gasteiger partial charge in [0.1, 0.15) is 6.04 Å². The number of carbonyl (C=O) groups excluding carboxylic acids is 1. The van der Waals surface area contributed by atoms with Crippen molar-refractivity contribution in [3.8, 4) is 0 Å². The van der Waals surface area contributed by atoms with Crippen LogP contribution in [0.3, 0.4) is 0 Å². The molecule has 1 aromatic rings. The Balaban J connectivity index is 2.88. The minimum atomic E-state index is -0.269. The van der Waals surface area contributed by atoms with Crippen molar-refractivity contribution in [3.05, 3.63) is 30.3 Å². The molecule has 0 aliphatic carbocycles. The highest BCUT2D eigenvalue weighted by atomic mass is 16.2. The van der Waals surface area contributed by atoms with Crippen LogP contribution < -0.4 is 10.6 Å². The van der Waals surface area contributed by atoms with Crippen LogP contribution in [0.5, 0.6) is 0 Å². The maximum atomic E-state index is 12.4. The average molecular weight is 262 g/mol. The van der Waals surface area contributed by atoms with Gasteiger partial charge in [0, 0.05) is 11.2 Å². The van der Waals surface area contributed by atoms with Gasteiger partial charge in [0.2, 0.25) is 5.91 Å². The monoisotopic (exact) mass is 262 g/mol. The summed E-state index contributed by atoms with van der Waals surface area (Å²) < 4.78 is 0. The summed E-state index contributed by atoms with van der Waals surface area (Å²) in [4.78, 5) is 12.4. The van der Waals surface area contributed by atoms with Crippen LogP contribution in [0.25, 0.3) is 0 Å². The fourth-order valence-corrected chi connectivity index (χ4v) is 1.82. The molecule has 0 saturated heterocycles. The van der Waals surface area contributed by atoms with Crippen LogP contribution in [-0.2, 0) is 4.79 Å². The van der Waals surface area contributed by atoms with Gasteiger partial charge in [0.05, 0.1) is 0 Å². The smallest absolute Gasteiger partial charge is 0.243 e. The van der Waals surface area contributed by atoms with E-state index in [-0.39, 0.29) is 22.9 Å². The first kappa shape index (κ1) is 15.5. The highest BCUT2D eigenvalue weighted by Gasteiger charge is 2.32. The molecule has 0 fully saturated rings. The first-order valence-electron chi connectivity index (χ1n) is 6.73. The van der Waals surface area contributed by atoms with Crippen LogP contribution in [-0.4, -0.2) is 17.5 Å². The van der Waals surface area contributed by atoms with Crippen LogP contribution in [0.2, 0.25) is 0 Å². The quantitative estimate of drug-likeness (QED) is 0.876. The second-order valence-electron chi connectivity index (χ2n) is 7.05. The number of amides is 1. The zero-order valence-corrected chi connectivity index (χ0v) is 12.9. The van der Waals surface area contributed by atoms with E-state index in [1.807, 2.05) is 51.1 Å². The van der Waals surface area contributed by atoms with E-state index in [0.29, 0.717) is 0 Å². The summed E-state index contributed by atoms with van der Waals surface area (Å²) in [5, 5.41) is 6.37. The maximum absolute atomic E-state index is 12.4. The zero-order valence-electron chi connectivity index (χ0n) is 12.9. The molecule has 19 heavy (non-hydrogen) atoms. The molecule has 0 saturated carbocycles. The van der Waals surface area contributed by atoms with Gasteiger partial charge >= 0.3 is 0 Å². The van der Waals surface area contributed by atoms with Crippen molar-refractivity contribution in [1.82, 2.24) is 5.32 Å².